The molecule has 9 heteroatoms. The zero-order valence-electron chi connectivity index (χ0n) is 22.7. The number of carbonyl (C=O) groups excluding carboxylic acids is 1. The van der Waals surface area contributed by atoms with Crippen molar-refractivity contribution in [2.45, 2.75) is 63.0 Å². The van der Waals surface area contributed by atoms with Crippen LogP contribution in [0, 0.1) is 121 Å². The van der Waals surface area contributed by atoms with Crippen LogP contribution >= 0.6 is 18.5 Å². The van der Waals surface area contributed by atoms with Crippen molar-refractivity contribution in [1.82, 2.24) is 4.57 Å². The van der Waals surface area contributed by atoms with Crippen LogP contribution in [0.2, 0.25) is 0 Å². The Labute approximate surface area is 284 Å². The molecule has 0 radical (unpaired) electrons. The number of benzene rings is 2. The molecule has 0 spiro atoms. The number of methoxy groups -OCH3 is 2. The van der Waals surface area contributed by atoms with Crippen LogP contribution in [-0.2, 0) is 18.4 Å². The number of ether oxygens (including phenoxy) is 2. The molecule has 1 aromatic heterocycles. The van der Waals surface area contributed by atoms with Crippen LogP contribution in [0.1, 0.15) is 71.2 Å². The van der Waals surface area contributed by atoms with E-state index >= 15 is 0 Å². The van der Waals surface area contributed by atoms with Gasteiger partial charge in [0.15, 0.2) is 0 Å². The Morgan fingerprint density at radius 3 is 1.84 bits per heavy atom. The molecule has 3 rings (SSSR count). The van der Waals surface area contributed by atoms with Gasteiger partial charge in [-0.05, 0) is 0 Å². The molecule has 0 saturated carbocycles. The van der Waals surface area contributed by atoms with E-state index in [4.69, 9.17) is 9.47 Å². The summed E-state index contributed by atoms with van der Waals surface area (Å²) in [5.74, 6) is 0.0844. The summed E-state index contributed by atoms with van der Waals surface area (Å²) in [5.41, 5.74) is 9.27. The van der Waals surface area contributed by atoms with E-state index in [2.05, 4.69) is 64.5 Å². The van der Waals surface area contributed by atoms with Crippen molar-refractivity contribution in [2.75, 3.05) is 14.2 Å². The van der Waals surface area contributed by atoms with Crippen molar-refractivity contribution in [2.24, 2.45) is 7.05 Å². The molecule has 0 fully saturated rings. The number of hydrogen-bond acceptors (Lipinski definition) is 4. The molecule has 0 aliphatic heterocycles. The van der Waals surface area contributed by atoms with Crippen LogP contribution in [0.3, 0.4) is 0 Å². The zero-order valence-corrected chi connectivity index (χ0v) is 33.3. The van der Waals surface area contributed by atoms with Crippen molar-refractivity contribution in [1.29, 1.82) is 0 Å². The fourth-order valence-electron chi connectivity index (χ4n) is 3.62. The molecule has 3 aromatic rings. The van der Waals surface area contributed by atoms with E-state index in [-0.39, 0.29) is 83.7 Å². The van der Waals surface area contributed by atoms with Gasteiger partial charge in [-0.15, -0.1) is 17.0 Å². The molecule has 2 atom stereocenters. The standard InChI is InChI=1S/C14H16NO4.C11H15P.C2H6P.2CH4.2U/c1-8-9-5-12(14(17)19-4)15(2)11(9)6-13(18-3)10(8)7-16;1-7-5-8(2)10(4)11(6-12)9(7)3;1-2-3;;;;/h5,16H,7H2,1-4H3;6H,12H2,1-4H3;2H,3H2,1H3;2*1H4;;/q-1;-2;-1;;;2*+2. The zero-order chi connectivity index (χ0) is 26.2. The molecule has 1 N–H and O–H groups in total. The summed E-state index contributed by atoms with van der Waals surface area (Å²) in [5, 5.41) is 10.3. The number of nitrogens with zero attached hydrogens (tertiary/aromatic N) is 1. The van der Waals surface area contributed by atoms with Crippen LogP contribution < -0.4 is 4.74 Å². The summed E-state index contributed by atoms with van der Waals surface area (Å²) in [4.78, 5) is 11.7. The average Bonchev–Trinajstić information content (AvgIpc) is 3.15. The molecule has 5 nitrogen and oxygen atoms in total. The molecule has 1 heterocycles. The van der Waals surface area contributed by atoms with E-state index in [1.165, 1.54) is 42.0 Å². The molecular formula is C29H45NO4P2U2. The molecule has 0 aliphatic rings. The van der Waals surface area contributed by atoms with Crippen LogP contribution in [0.25, 0.3) is 10.9 Å². The molecule has 2 aromatic carbocycles. The fraction of sp³-hybridized carbons (Fsp3) is 0.414. The second kappa shape index (κ2) is 21.7. The third-order valence-corrected chi connectivity index (χ3v) is 6.16. The summed E-state index contributed by atoms with van der Waals surface area (Å²) in [7, 11) is 9.76. The minimum absolute atomic E-state index is 0. The monoisotopic (exact) mass is 1010 g/mol. The quantitative estimate of drug-likeness (QED) is 0.174. The minimum atomic E-state index is -0.406. The van der Waals surface area contributed by atoms with E-state index in [0.29, 0.717) is 17.0 Å². The molecule has 0 saturated heterocycles. The van der Waals surface area contributed by atoms with Gasteiger partial charge in [-0.3, -0.25) is 9.24 Å². The van der Waals surface area contributed by atoms with E-state index < -0.39 is 5.97 Å². The second-order valence-corrected chi connectivity index (χ2v) is 8.80. The van der Waals surface area contributed by atoms with Gasteiger partial charge in [0.25, 0.3) is 0 Å². The van der Waals surface area contributed by atoms with Crippen molar-refractivity contribution in [3.63, 3.8) is 0 Å². The normalized spacial score (nSPS) is 9.05. The number of carbonyl (C=O) groups is 1. The predicted molar refractivity (Wildman–Crippen MR) is 161 cm³/mol. The summed E-state index contributed by atoms with van der Waals surface area (Å²) in [6, 6.07) is 8.17. The largest absolute Gasteiger partial charge is 2.00 e. The smallest absolute Gasteiger partial charge is 0.522 e. The number of aryl methyl sites for hydroxylation is 4. The fourth-order valence-corrected chi connectivity index (χ4v) is 4.12. The second-order valence-electron chi connectivity index (χ2n) is 7.80. The van der Waals surface area contributed by atoms with Gasteiger partial charge in [-0.1, -0.05) is 66.6 Å². The maximum atomic E-state index is 11.7. The molecule has 2 unspecified atom stereocenters. The first-order valence-electron chi connectivity index (χ1n) is 10.9. The topological polar surface area (TPSA) is 60.7 Å². The number of aromatic nitrogens is 1. The van der Waals surface area contributed by atoms with Crippen molar-refractivity contribution >= 4 is 35.4 Å². The summed E-state index contributed by atoms with van der Waals surface area (Å²) >= 11 is 0. The van der Waals surface area contributed by atoms with Gasteiger partial charge in [0, 0.05) is 19.4 Å². The van der Waals surface area contributed by atoms with E-state index in [9.17, 15) is 9.90 Å². The van der Waals surface area contributed by atoms with Crippen LogP contribution in [-0.4, -0.2) is 29.9 Å². The van der Waals surface area contributed by atoms with Crippen LogP contribution in [0.15, 0.2) is 6.07 Å². The van der Waals surface area contributed by atoms with Crippen LogP contribution in [0.4, 0.5) is 0 Å². The summed E-state index contributed by atoms with van der Waals surface area (Å²) in [6.45, 7) is 12.2. The Balaban J connectivity index is -0.000000267. The van der Waals surface area contributed by atoms with Gasteiger partial charge in [-0.25, -0.2) is 4.79 Å². The molecule has 0 amide bonds. The molecule has 0 aliphatic carbocycles. The Morgan fingerprint density at radius 2 is 1.47 bits per heavy atom. The average molecular weight is 1010 g/mol. The Bertz CT molecular complexity index is 1120. The van der Waals surface area contributed by atoms with E-state index in [1.54, 1.807) is 17.7 Å². The first-order valence-corrected chi connectivity index (χ1v) is 12.2. The molecule has 38 heavy (non-hydrogen) atoms. The third-order valence-electron chi connectivity index (χ3n) is 5.83. The first kappa shape index (κ1) is 45.0. The first-order chi connectivity index (χ1) is 16.0. The van der Waals surface area contributed by atoms with Crippen LogP contribution in [0.5, 0.6) is 5.75 Å². The van der Waals surface area contributed by atoms with Gasteiger partial charge in [0.05, 0.1) is 14.2 Å². The maximum Gasteiger partial charge on any atom is 2.00 e. The SMILES string of the molecule is C.C.COC(=O)c1cc2c(C)c(CO)c(OC)[c-]c2n1C.C[CH-]P.Cc1[c-]c(C)c(C)c([CH-]P)c1C.[U+2].[U+2]. The molecular weight excluding hydrogens is 964 g/mol. The van der Waals surface area contributed by atoms with Gasteiger partial charge in [0.2, 0.25) is 0 Å². The van der Waals surface area contributed by atoms with Gasteiger partial charge >= 0.3 is 68.2 Å². The number of hydrogen-bond donors (Lipinski definition) is 1. The number of rotatable bonds is 4. The van der Waals surface area contributed by atoms with Gasteiger partial charge in [-0.2, -0.15) is 56.2 Å². The minimum Gasteiger partial charge on any atom is -0.522 e. The van der Waals surface area contributed by atoms with Crippen molar-refractivity contribution < 1.29 is 81.6 Å². The van der Waals surface area contributed by atoms with Crippen molar-refractivity contribution in [3.05, 3.63) is 75.2 Å². The predicted octanol–water partition coefficient (Wildman–Crippen LogP) is 7.00. The maximum absolute atomic E-state index is 11.7. The Kier molecular flexibility index (Phi) is 25.8. The molecule has 208 valence electrons. The number of fused-ring (bicyclic) bond motifs is 1. The van der Waals surface area contributed by atoms with E-state index in [0.717, 1.165) is 16.5 Å². The number of aliphatic hydroxyl groups excluding tert-OH is 1. The third kappa shape index (κ3) is 10.8. The molecule has 0 bridgehead atoms. The Hall–Kier alpha value is 0.0439. The number of esters is 1. The summed E-state index contributed by atoms with van der Waals surface area (Å²) in [6.07, 6.45) is 4.01. The summed E-state index contributed by atoms with van der Waals surface area (Å²) < 4.78 is 11.7. The number of aliphatic hydroxyl groups is 1. The van der Waals surface area contributed by atoms with Gasteiger partial charge < -0.3 is 25.3 Å². The van der Waals surface area contributed by atoms with Crippen molar-refractivity contribution in [3.8, 4) is 5.75 Å². The Morgan fingerprint density at radius 1 is 1.00 bits per heavy atom. The van der Waals surface area contributed by atoms with Gasteiger partial charge in [0.1, 0.15) is 5.69 Å². The van der Waals surface area contributed by atoms with E-state index in [1.807, 2.05) is 20.0 Å².